The Kier molecular flexibility index (Phi) is 3.44. The molecule has 1 rings (SSSR count). The molecule has 0 saturated carbocycles. The highest BCUT2D eigenvalue weighted by Crippen LogP contribution is 2.10. The predicted molar refractivity (Wildman–Crippen MR) is 36.6 cm³/mol. The molecule has 0 nitrogen and oxygen atoms in total. The van der Waals surface area contributed by atoms with Gasteiger partial charge in [-0.15, -0.1) is 12.4 Å². The minimum atomic E-state index is 0. The minimum Gasteiger partial charge on any atom is -0.151 e. The first-order valence-electron chi connectivity index (χ1n) is 1.57. The molecule has 0 bridgehead atoms. The molecule has 0 saturated heterocycles. The molecule has 1 aromatic heterocycles. The third kappa shape index (κ3) is 2.17. The summed E-state index contributed by atoms with van der Waals surface area (Å²) in [4.78, 5) is 0. The fourth-order valence-electron chi connectivity index (χ4n) is 0.248. The number of thiophene rings is 1. The Morgan fingerprint density at radius 3 is 2.43 bits per heavy atom. The van der Waals surface area contributed by atoms with Crippen LogP contribution in [0.15, 0.2) is 16.8 Å². The standard InChI is InChI=1S/C4H3ClS.ClH/c5-4-1-2-6-3-4;/h1-3H;1H. The van der Waals surface area contributed by atoms with Crippen LogP contribution in [0.25, 0.3) is 0 Å². The van der Waals surface area contributed by atoms with E-state index in [4.69, 9.17) is 11.6 Å². The zero-order chi connectivity index (χ0) is 4.41. The molecule has 0 amide bonds. The van der Waals surface area contributed by atoms with Gasteiger partial charge in [-0.1, -0.05) is 11.6 Å². The summed E-state index contributed by atoms with van der Waals surface area (Å²) in [5.41, 5.74) is 0. The van der Waals surface area contributed by atoms with Crippen LogP contribution >= 0.6 is 35.3 Å². The summed E-state index contributed by atoms with van der Waals surface area (Å²) in [6, 6.07) is 1.87. The van der Waals surface area contributed by atoms with Gasteiger partial charge in [-0.2, -0.15) is 11.3 Å². The largest absolute Gasteiger partial charge is 0.151 e. The van der Waals surface area contributed by atoms with E-state index in [1.54, 1.807) is 11.3 Å². The van der Waals surface area contributed by atoms with Crippen molar-refractivity contribution < 1.29 is 0 Å². The van der Waals surface area contributed by atoms with Crippen LogP contribution in [0.4, 0.5) is 0 Å². The van der Waals surface area contributed by atoms with Crippen LogP contribution in [0.1, 0.15) is 0 Å². The van der Waals surface area contributed by atoms with Crippen LogP contribution in [0, 0.1) is 0 Å². The fraction of sp³-hybridized carbons (Fsp3) is 0. The summed E-state index contributed by atoms with van der Waals surface area (Å²) in [6.45, 7) is 0. The van der Waals surface area contributed by atoms with E-state index in [1.807, 2.05) is 16.8 Å². The van der Waals surface area contributed by atoms with E-state index in [2.05, 4.69) is 0 Å². The van der Waals surface area contributed by atoms with E-state index in [0.29, 0.717) is 0 Å². The average Bonchev–Trinajstić information content (AvgIpc) is 1.86. The lowest BCUT2D eigenvalue weighted by atomic mass is 10.7. The van der Waals surface area contributed by atoms with Crippen molar-refractivity contribution in [3.05, 3.63) is 21.8 Å². The molecule has 3 heteroatoms. The molecule has 0 aliphatic carbocycles. The van der Waals surface area contributed by atoms with Crippen molar-refractivity contribution >= 4 is 35.3 Å². The molecule has 0 aliphatic heterocycles. The SMILES string of the molecule is Cl.Clc1ccsc1. The second-order valence-electron chi connectivity index (χ2n) is 0.942. The first kappa shape index (κ1) is 7.28. The lowest BCUT2D eigenvalue weighted by Gasteiger charge is -1.61. The van der Waals surface area contributed by atoms with E-state index in [-0.39, 0.29) is 12.4 Å². The maximum absolute atomic E-state index is 5.47. The zero-order valence-corrected chi connectivity index (χ0v) is 5.82. The first-order valence-corrected chi connectivity index (χ1v) is 2.89. The summed E-state index contributed by atoms with van der Waals surface area (Å²) in [5, 5.41) is 4.67. The Labute approximate surface area is 57.5 Å². The second kappa shape index (κ2) is 3.30. The molecule has 0 fully saturated rings. The van der Waals surface area contributed by atoms with Crippen LogP contribution in [0.3, 0.4) is 0 Å². The van der Waals surface area contributed by atoms with Crippen molar-refractivity contribution in [3.8, 4) is 0 Å². The van der Waals surface area contributed by atoms with Gasteiger partial charge in [0.25, 0.3) is 0 Å². The summed E-state index contributed by atoms with van der Waals surface area (Å²) in [7, 11) is 0. The molecular weight excluding hydrogens is 151 g/mol. The molecule has 0 unspecified atom stereocenters. The maximum atomic E-state index is 5.47. The molecule has 0 aromatic carbocycles. The van der Waals surface area contributed by atoms with Crippen molar-refractivity contribution in [1.29, 1.82) is 0 Å². The Bertz CT molecular complexity index is 113. The molecule has 0 N–H and O–H groups in total. The average molecular weight is 155 g/mol. The van der Waals surface area contributed by atoms with Gasteiger partial charge < -0.3 is 0 Å². The zero-order valence-electron chi connectivity index (χ0n) is 3.43. The van der Waals surface area contributed by atoms with Crippen molar-refractivity contribution in [2.24, 2.45) is 0 Å². The Balaban J connectivity index is 0.000000360. The fourth-order valence-corrected chi connectivity index (χ4v) is 1.05. The van der Waals surface area contributed by atoms with Gasteiger partial charge in [-0.25, -0.2) is 0 Å². The monoisotopic (exact) mass is 154 g/mol. The molecule has 0 spiro atoms. The lowest BCUT2D eigenvalue weighted by Crippen LogP contribution is -1.34. The van der Waals surface area contributed by atoms with Crippen LogP contribution in [0.2, 0.25) is 5.02 Å². The third-order valence-corrected chi connectivity index (χ3v) is 1.53. The predicted octanol–water partition coefficient (Wildman–Crippen LogP) is 2.82. The molecular formula is C4H4Cl2S. The summed E-state index contributed by atoms with van der Waals surface area (Å²) < 4.78 is 0. The minimum absolute atomic E-state index is 0. The van der Waals surface area contributed by atoms with Crippen molar-refractivity contribution in [1.82, 2.24) is 0 Å². The molecule has 1 heterocycles. The van der Waals surface area contributed by atoms with Crippen LogP contribution in [-0.4, -0.2) is 0 Å². The van der Waals surface area contributed by atoms with Gasteiger partial charge in [0.2, 0.25) is 0 Å². The van der Waals surface area contributed by atoms with E-state index in [1.165, 1.54) is 0 Å². The van der Waals surface area contributed by atoms with E-state index < -0.39 is 0 Å². The molecule has 1 aromatic rings. The highest BCUT2D eigenvalue weighted by Gasteiger charge is 1.77. The molecule has 7 heavy (non-hydrogen) atoms. The topological polar surface area (TPSA) is 0 Å². The molecule has 0 radical (unpaired) electrons. The Morgan fingerprint density at radius 2 is 2.29 bits per heavy atom. The Morgan fingerprint density at radius 1 is 1.57 bits per heavy atom. The highest BCUT2D eigenvalue weighted by molar-refractivity contribution is 7.08. The second-order valence-corrected chi connectivity index (χ2v) is 2.16. The quantitative estimate of drug-likeness (QED) is 0.540. The van der Waals surface area contributed by atoms with Gasteiger partial charge in [0, 0.05) is 5.38 Å². The Hall–Kier alpha value is 0.280. The van der Waals surface area contributed by atoms with Gasteiger partial charge in [0.15, 0.2) is 0 Å². The number of halogens is 2. The number of hydrogen-bond donors (Lipinski definition) is 0. The van der Waals surface area contributed by atoms with Gasteiger partial charge in [0.1, 0.15) is 0 Å². The van der Waals surface area contributed by atoms with Crippen LogP contribution < -0.4 is 0 Å². The van der Waals surface area contributed by atoms with Crippen molar-refractivity contribution in [2.75, 3.05) is 0 Å². The molecule has 0 atom stereocenters. The summed E-state index contributed by atoms with van der Waals surface area (Å²) >= 11 is 7.07. The molecule has 40 valence electrons. The van der Waals surface area contributed by atoms with E-state index in [0.717, 1.165) is 5.02 Å². The maximum Gasteiger partial charge on any atom is 0.0512 e. The van der Waals surface area contributed by atoms with Gasteiger partial charge in [0.05, 0.1) is 5.02 Å². The number of hydrogen-bond acceptors (Lipinski definition) is 1. The third-order valence-electron chi connectivity index (χ3n) is 0.486. The highest BCUT2D eigenvalue weighted by atomic mass is 35.5. The summed E-state index contributed by atoms with van der Waals surface area (Å²) in [6.07, 6.45) is 0. The van der Waals surface area contributed by atoms with Crippen LogP contribution in [0.5, 0.6) is 0 Å². The summed E-state index contributed by atoms with van der Waals surface area (Å²) in [5.74, 6) is 0. The van der Waals surface area contributed by atoms with Crippen molar-refractivity contribution in [2.45, 2.75) is 0 Å². The number of rotatable bonds is 0. The first-order chi connectivity index (χ1) is 2.89. The van der Waals surface area contributed by atoms with Gasteiger partial charge >= 0.3 is 0 Å². The van der Waals surface area contributed by atoms with E-state index in [9.17, 15) is 0 Å². The normalized spacial score (nSPS) is 7.57. The van der Waals surface area contributed by atoms with Gasteiger partial charge in [-0.3, -0.25) is 0 Å². The van der Waals surface area contributed by atoms with Crippen LogP contribution in [-0.2, 0) is 0 Å². The molecule has 0 aliphatic rings. The van der Waals surface area contributed by atoms with Crippen molar-refractivity contribution in [3.63, 3.8) is 0 Å². The van der Waals surface area contributed by atoms with Gasteiger partial charge in [-0.05, 0) is 11.4 Å². The lowest BCUT2D eigenvalue weighted by molar-refractivity contribution is 2.01. The smallest absolute Gasteiger partial charge is 0.0512 e. The van der Waals surface area contributed by atoms with E-state index >= 15 is 0 Å².